The Morgan fingerprint density at radius 2 is 0.929 bits per heavy atom. The predicted molar refractivity (Wildman–Crippen MR) is 119 cm³/mol. The van der Waals surface area contributed by atoms with Gasteiger partial charge in [-0.1, -0.05) is 71.8 Å². The van der Waals surface area contributed by atoms with Crippen molar-refractivity contribution >= 4 is 33.6 Å². The van der Waals surface area contributed by atoms with Crippen LogP contribution in [0.2, 0.25) is 0 Å². The third-order valence-electron chi connectivity index (χ3n) is 5.19. The molecule has 0 heterocycles. The lowest BCUT2D eigenvalue weighted by molar-refractivity contribution is 1.43. The van der Waals surface area contributed by atoms with E-state index in [0.29, 0.717) is 0 Å². The van der Waals surface area contributed by atoms with Crippen molar-refractivity contribution in [3.63, 3.8) is 0 Å². The highest BCUT2D eigenvalue weighted by Gasteiger charge is 2.27. The molecule has 0 amide bonds. The van der Waals surface area contributed by atoms with Crippen LogP contribution in [0.1, 0.15) is 22.3 Å². The Labute approximate surface area is 164 Å². The molecule has 1 aliphatic carbocycles. The summed E-state index contributed by atoms with van der Waals surface area (Å²) in [5, 5.41) is 2.46. The number of hydrogen-bond acceptors (Lipinski definition) is 2. The summed E-state index contributed by atoms with van der Waals surface area (Å²) >= 11 is 0. The monoisotopic (exact) mass is 360 g/mol. The summed E-state index contributed by atoms with van der Waals surface area (Å²) in [6.45, 7) is 4.18. The van der Waals surface area contributed by atoms with E-state index in [2.05, 4.69) is 98.8 Å². The van der Waals surface area contributed by atoms with Gasteiger partial charge in [-0.05, 0) is 43.5 Å². The minimum atomic E-state index is 0.941. The normalized spacial score (nSPS) is 15.6. The van der Waals surface area contributed by atoms with E-state index in [9.17, 15) is 0 Å². The van der Waals surface area contributed by atoms with E-state index in [0.717, 1.165) is 33.9 Å². The molecule has 2 heteroatoms. The lowest BCUT2D eigenvalue weighted by Gasteiger charge is -2.04. The van der Waals surface area contributed by atoms with Gasteiger partial charge in [0.2, 0.25) is 0 Å². The van der Waals surface area contributed by atoms with Crippen molar-refractivity contribution in [1.29, 1.82) is 0 Å². The molecule has 0 fully saturated rings. The highest BCUT2D eigenvalue weighted by Crippen LogP contribution is 2.34. The van der Waals surface area contributed by atoms with Gasteiger partial charge in [0, 0.05) is 16.5 Å². The summed E-state index contributed by atoms with van der Waals surface area (Å²) in [5.41, 5.74) is 8.54. The second-order valence-electron chi connectivity index (χ2n) is 7.30. The van der Waals surface area contributed by atoms with E-state index in [1.165, 1.54) is 21.9 Å². The molecule has 28 heavy (non-hydrogen) atoms. The lowest BCUT2D eigenvalue weighted by atomic mass is 10.1. The van der Waals surface area contributed by atoms with E-state index >= 15 is 0 Å². The highest BCUT2D eigenvalue weighted by atomic mass is 14.8. The average Bonchev–Trinajstić information content (AvgIpc) is 3.01. The van der Waals surface area contributed by atoms with E-state index in [4.69, 9.17) is 9.98 Å². The Bertz CT molecular complexity index is 1150. The zero-order chi connectivity index (χ0) is 19.1. The molecular weight excluding hydrogens is 340 g/mol. The first kappa shape index (κ1) is 16.6. The summed E-state index contributed by atoms with van der Waals surface area (Å²) in [7, 11) is 0. The fraction of sp³-hybridized carbons (Fsp3) is 0.0769. The quantitative estimate of drug-likeness (QED) is 0.379. The van der Waals surface area contributed by atoms with Crippen molar-refractivity contribution in [2.75, 3.05) is 0 Å². The van der Waals surface area contributed by atoms with Crippen LogP contribution < -0.4 is 0 Å². The molecular formula is C26H20N2. The first-order chi connectivity index (χ1) is 13.7. The topological polar surface area (TPSA) is 24.7 Å². The van der Waals surface area contributed by atoms with Gasteiger partial charge in [0.1, 0.15) is 0 Å². The Morgan fingerprint density at radius 3 is 1.36 bits per heavy atom. The van der Waals surface area contributed by atoms with E-state index < -0.39 is 0 Å². The molecule has 0 atom stereocenters. The summed E-state index contributed by atoms with van der Waals surface area (Å²) in [6, 6.07) is 29.4. The molecule has 0 N–H and O–H groups in total. The van der Waals surface area contributed by atoms with Gasteiger partial charge in [0.05, 0.1) is 22.8 Å². The highest BCUT2D eigenvalue weighted by molar-refractivity contribution is 6.61. The van der Waals surface area contributed by atoms with Crippen LogP contribution in [0.5, 0.6) is 0 Å². The third-order valence-corrected chi connectivity index (χ3v) is 5.19. The first-order valence-electron chi connectivity index (χ1n) is 9.53. The van der Waals surface area contributed by atoms with Gasteiger partial charge in [-0.3, -0.25) is 0 Å². The van der Waals surface area contributed by atoms with Crippen LogP contribution in [0.15, 0.2) is 94.9 Å². The molecule has 4 aromatic rings. The molecule has 0 saturated carbocycles. The molecule has 1 aliphatic rings. The summed E-state index contributed by atoms with van der Waals surface area (Å²) < 4.78 is 0. The van der Waals surface area contributed by atoms with Gasteiger partial charge in [-0.15, -0.1) is 0 Å². The van der Waals surface area contributed by atoms with Gasteiger partial charge >= 0.3 is 0 Å². The molecule has 0 unspecified atom stereocenters. The second kappa shape index (κ2) is 6.58. The molecule has 5 rings (SSSR count). The zero-order valence-corrected chi connectivity index (χ0v) is 16.0. The van der Waals surface area contributed by atoms with Crippen LogP contribution in [-0.4, -0.2) is 11.4 Å². The van der Waals surface area contributed by atoms with Crippen molar-refractivity contribution in [2.45, 2.75) is 13.8 Å². The third kappa shape index (κ3) is 2.84. The van der Waals surface area contributed by atoms with E-state index in [1.807, 2.05) is 0 Å². The Balaban J connectivity index is 1.76. The molecule has 0 bridgehead atoms. The van der Waals surface area contributed by atoms with Crippen LogP contribution in [0, 0.1) is 13.8 Å². The maximum absolute atomic E-state index is 5.02. The average molecular weight is 360 g/mol. The van der Waals surface area contributed by atoms with Crippen molar-refractivity contribution < 1.29 is 0 Å². The fourth-order valence-corrected chi connectivity index (χ4v) is 3.71. The number of nitrogens with zero attached hydrogens (tertiary/aromatic N) is 2. The van der Waals surface area contributed by atoms with Crippen LogP contribution in [0.4, 0.5) is 11.4 Å². The smallest absolute Gasteiger partial charge is 0.0978 e. The number of hydrogen-bond donors (Lipinski definition) is 0. The Kier molecular flexibility index (Phi) is 3.91. The molecule has 134 valence electrons. The standard InChI is InChI=1S/C26H20N2/c1-17-9-13-20(14-10-17)27-25-22-7-3-5-19-6-4-8-23(24(19)22)26(25)28-21-15-11-18(2)12-16-21/h3-16H,1-2H3. The van der Waals surface area contributed by atoms with E-state index in [-0.39, 0.29) is 0 Å². The summed E-state index contributed by atoms with van der Waals surface area (Å²) in [4.78, 5) is 10.0. The molecule has 0 radical (unpaired) electrons. The number of aryl methyl sites for hydroxylation is 2. The van der Waals surface area contributed by atoms with Crippen LogP contribution >= 0.6 is 0 Å². The molecule has 0 aliphatic heterocycles. The minimum absolute atomic E-state index is 0.941. The minimum Gasteiger partial charge on any atom is -0.246 e. The van der Waals surface area contributed by atoms with Gasteiger partial charge in [0.15, 0.2) is 0 Å². The largest absolute Gasteiger partial charge is 0.246 e. The molecule has 0 spiro atoms. The fourth-order valence-electron chi connectivity index (χ4n) is 3.71. The Hall–Kier alpha value is -3.52. The van der Waals surface area contributed by atoms with Gasteiger partial charge < -0.3 is 0 Å². The van der Waals surface area contributed by atoms with Crippen LogP contribution in [-0.2, 0) is 0 Å². The van der Waals surface area contributed by atoms with Crippen molar-refractivity contribution in [3.05, 3.63) is 107 Å². The molecule has 0 aromatic heterocycles. The van der Waals surface area contributed by atoms with E-state index in [1.54, 1.807) is 0 Å². The van der Waals surface area contributed by atoms with Gasteiger partial charge in [-0.2, -0.15) is 0 Å². The van der Waals surface area contributed by atoms with Crippen molar-refractivity contribution in [1.82, 2.24) is 0 Å². The lowest BCUT2D eigenvalue weighted by Crippen LogP contribution is -2.10. The number of benzene rings is 4. The molecule has 2 nitrogen and oxygen atoms in total. The summed E-state index contributed by atoms with van der Waals surface area (Å²) in [5.74, 6) is 0. The first-order valence-corrected chi connectivity index (χ1v) is 9.53. The second-order valence-corrected chi connectivity index (χ2v) is 7.30. The maximum Gasteiger partial charge on any atom is 0.0978 e. The molecule has 4 aromatic carbocycles. The Morgan fingerprint density at radius 1 is 0.500 bits per heavy atom. The van der Waals surface area contributed by atoms with Crippen LogP contribution in [0.3, 0.4) is 0 Å². The van der Waals surface area contributed by atoms with Gasteiger partial charge in [-0.25, -0.2) is 9.98 Å². The van der Waals surface area contributed by atoms with Crippen molar-refractivity contribution in [3.8, 4) is 0 Å². The predicted octanol–water partition coefficient (Wildman–Crippen LogP) is 6.71. The number of rotatable bonds is 2. The zero-order valence-electron chi connectivity index (χ0n) is 16.0. The van der Waals surface area contributed by atoms with Crippen molar-refractivity contribution in [2.24, 2.45) is 9.98 Å². The van der Waals surface area contributed by atoms with Crippen LogP contribution in [0.25, 0.3) is 10.8 Å². The number of aliphatic imine (C=N–C) groups is 2. The SMILES string of the molecule is Cc1ccc(N=C2C(=Nc3ccc(C)cc3)c3cccc4cccc2c34)cc1. The maximum atomic E-state index is 5.02. The molecule has 0 saturated heterocycles. The summed E-state index contributed by atoms with van der Waals surface area (Å²) in [6.07, 6.45) is 0. The van der Waals surface area contributed by atoms with Gasteiger partial charge in [0.25, 0.3) is 0 Å².